The second-order valence-electron chi connectivity index (χ2n) is 6.71. The number of anilines is 2. The summed E-state index contributed by atoms with van der Waals surface area (Å²) in [4.78, 5) is 12.7. The molecule has 2 heterocycles. The average Bonchev–Trinajstić information content (AvgIpc) is 3.21. The van der Waals surface area contributed by atoms with Gasteiger partial charge in [-0.25, -0.2) is 0 Å². The lowest BCUT2D eigenvalue weighted by Gasteiger charge is -2.22. The van der Waals surface area contributed by atoms with Gasteiger partial charge in [0.25, 0.3) is 5.91 Å². The lowest BCUT2D eigenvalue weighted by Crippen LogP contribution is -2.30. The van der Waals surface area contributed by atoms with Crippen LogP contribution in [0.5, 0.6) is 0 Å². The molecular weight excluding hydrogens is 350 g/mol. The highest BCUT2D eigenvalue weighted by molar-refractivity contribution is 6.33. The van der Waals surface area contributed by atoms with Crippen molar-refractivity contribution in [2.75, 3.05) is 10.3 Å². The van der Waals surface area contributed by atoms with Crippen molar-refractivity contribution in [3.63, 3.8) is 0 Å². The molecule has 2 aromatic carbocycles. The van der Waals surface area contributed by atoms with Crippen molar-refractivity contribution in [2.45, 2.75) is 38.5 Å². The Balaban J connectivity index is 1.54. The van der Waals surface area contributed by atoms with Crippen LogP contribution < -0.4 is 10.3 Å². The summed E-state index contributed by atoms with van der Waals surface area (Å²) in [7, 11) is 0. The second-order valence-corrected chi connectivity index (χ2v) is 7.18. The summed E-state index contributed by atoms with van der Waals surface area (Å²) in [6, 6.07) is 13.4. The highest BCUT2D eigenvalue weighted by Gasteiger charge is 2.31. The fourth-order valence-electron chi connectivity index (χ4n) is 3.32. The van der Waals surface area contributed by atoms with Gasteiger partial charge in [0.2, 0.25) is 0 Å². The molecule has 2 unspecified atom stereocenters. The Morgan fingerprint density at radius 3 is 2.81 bits per heavy atom. The molecule has 1 N–H and O–H groups in total. The molecule has 6 heteroatoms. The zero-order valence-corrected chi connectivity index (χ0v) is 15.5. The first-order chi connectivity index (χ1) is 12.5. The fraction of sp³-hybridized carbons (Fsp3) is 0.300. The van der Waals surface area contributed by atoms with Crippen molar-refractivity contribution in [1.82, 2.24) is 0 Å². The van der Waals surface area contributed by atoms with Crippen LogP contribution in [0.4, 0.5) is 11.4 Å². The molecule has 0 fully saturated rings. The standard InChI is InChI=1S/C20H20ClN3O2/c1-12-19(21)13(2)24(23-12)18-5-3-4-14(9-18)20(25)22-17-7-6-15-10-26-11-16(15)8-17/h3-9,13,19H,10-11H2,1-2H3,(H,22,25). The Bertz CT molecular complexity index is 896. The molecule has 0 saturated carbocycles. The first-order valence-electron chi connectivity index (χ1n) is 8.62. The van der Waals surface area contributed by atoms with Gasteiger partial charge in [0.15, 0.2) is 0 Å². The van der Waals surface area contributed by atoms with E-state index in [0.29, 0.717) is 18.8 Å². The Labute approximate surface area is 157 Å². The maximum Gasteiger partial charge on any atom is 0.255 e. The summed E-state index contributed by atoms with van der Waals surface area (Å²) >= 11 is 6.35. The Morgan fingerprint density at radius 1 is 1.23 bits per heavy atom. The molecule has 26 heavy (non-hydrogen) atoms. The van der Waals surface area contributed by atoms with Crippen LogP contribution in [0.3, 0.4) is 0 Å². The Kier molecular flexibility index (Phi) is 4.42. The van der Waals surface area contributed by atoms with E-state index in [1.54, 1.807) is 6.07 Å². The van der Waals surface area contributed by atoms with Gasteiger partial charge in [0.05, 0.1) is 36.0 Å². The Hall–Kier alpha value is -2.37. The summed E-state index contributed by atoms with van der Waals surface area (Å²) in [5.74, 6) is -0.152. The molecular formula is C20H20ClN3O2. The number of benzene rings is 2. The average molecular weight is 370 g/mol. The quantitative estimate of drug-likeness (QED) is 0.826. The molecule has 0 spiro atoms. The maximum atomic E-state index is 12.7. The smallest absolute Gasteiger partial charge is 0.255 e. The number of fused-ring (bicyclic) bond motifs is 1. The van der Waals surface area contributed by atoms with Crippen LogP contribution in [-0.2, 0) is 18.0 Å². The normalized spacial score (nSPS) is 21.5. The Morgan fingerprint density at radius 2 is 2.04 bits per heavy atom. The van der Waals surface area contributed by atoms with Crippen LogP contribution in [0, 0.1) is 0 Å². The third kappa shape index (κ3) is 3.08. The monoisotopic (exact) mass is 369 g/mol. The van der Waals surface area contributed by atoms with Gasteiger partial charge in [-0.15, -0.1) is 11.6 Å². The van der Waals surface area contributed by atoms with Crippen molar-refractivity contribution in [1.29, 1.82) is 0 Å². The van der Waals surface area contributed by atoms with Crippen LogP contribution in [-0.4, -0.2) is 23.0 Å². The van der Waals surface area contributed by atoms with Crippen molar-refractivity contribution in [3.05, 3.63) is 59.2 Å². The number of alkyl halides is 1. The van der Waals surface area contributed by atoms with Gasteiger partial charge >= 0.3 is 0 Å². The first kappa shape index (κ1) is 17.1. The number of carbonyl (C=O) groups excluding carboxylic acids is 1. The molecule has 0 radical (unpaired) electrons. The summed E-state index contributed by atoms with van der Waals surface area (Å²) in [5, 5.41) is 9.22. The predicted octanol–water partition coefficient (Wildman–Crippen LogP) is 4.16. The second kappa shape index (κ2) is 6.74. The van der Waals surface area contributed by atoms with E-state index < -0.39 is 0 Å². The van der Waals surface area contributed by atoms with E-state index in [1.165, 1.54) is 5.56 Å². The summed E-state index contributed by atoms with van der Waals surface area (Å²) in [6.45, 7) is 5.18. The van der Waals surface area contributed by atoms with Gasteiger partial charge < -0.3 is 10.1 Å². The lowest BCUT2D eigenvalue weighted by atomic mass is 10.1. The molecule has 0 aromatic heterocycles. The number of nitrogens with one attached hydrogen (secondary N) is 1. The van der Waals surface area contributed by atoms with E-state index in [2.05, 4.69) is 10.4 Å². The molecule has 134 valence electrons. The number of carbonyl (C=O) groups is 1. The zero-order chi connectivity index (χ0) is 18.3. The number of hydrogen-bond acceptors (Lipinski definition) is 4. The van der Waals surface area contributed by atoms with E-state index in [-0.39, 0.29) is 17.3 Å². The largest absolute Gasteiger partial charge is 0.372 e. The van der Waals surface area contributed by atoms with Crippen molar-refractivity contribution >= 4 is 34.6 Å². The number of nitrogens with zero attached hydrogens (tertiary/aromatic N) is 2. The van der Waals surface area contributed by atoms with Crippen LogP contribution in [0.15, 0.2) is 47.6 Å². The van der Waals surface area contributed by atoms with Gasteiger partial charge in [-0.05, 0) is 55.3 Å². The fourth-order valence-corrected chi connectivity index (χ4v) is 3.48. The summed E-state index contributed by atoms with van der Waals surface area (Å²) < 4.78 is 5.42. The highest BCUT2D eigenvalue weighted by atomic mass is 35.5. The van der Waals surface area contributed by atoms with E-state index >= 15 is 0 Å². The van der Waals surface area contributed by atoms with Crippen molar-refractivity contribution in [2.24, 2.45) is 5.10 Å². The molecule has 1 amide bonds. The number of halogens is 1. The van der Waals surface area contributed by atoms with Gasteiger partial charge in [-0.2, -0.15) is 5.10 Å². The molecule has 2 atom stereocenters. The van der Waals surface area contributed by atoms with Crippen LogP contribution in [0.2, 0.25) is 0 Å². The number of amides is 1. The lowest BCUT2D eigenvalue weighted by molar-refractivity contribution is 0.102. The minimum Gasteiger partial charge on any atom is -0.372 e. The van der Waals surface area contributed by atoms with Crippen LogP contribution in [0.1, 0.15) is 35.3 Å². The zero-order valence-electron chi connectivity index (χ0n) is 14.7. The van der Waals surface area contributed by atoms with Gasteiger partial charge in [0.1, 0.15) is 0 Å². The minimum atomic E-state index is -0.152. The number of hydrazone groups is 1. The maximum absolute atomic E-state index is 12.7. The third-order valence-corrected chi connectivity index (χ3v) is 5.51. The molecule has 0 bridgehead atoms. The van der Waals surface area contributed by atoms with Gasteiger partial charge in [0, 0.05) is 11.3 Å². The minimum absolute atomic E-state index is 0.0479. The molecule has 2 aliphatic rings. The topological polar surface area (TPSA) is 53.9 Å². The van der Waals surface area contributed by atoms with Gasteiger partial charge in [-0.3, -0.25) is 9.80 Å². The third-order valence-electron chi connectivity index (χ3n) is 4.83. The SMILES string of the molecule is CC1=NN(c2cccc(C(=O)Nc3ccc4c(c3)COC4)c2)C(C)C1Cl. The molecule has 2 aliphatic heterocycles. The predicted molar refractivity (Wildman–Crippen MR) is 104 cm³/mol. The van der Waals surface area contributed by atoms with E-state index in [1.807, 2.05) is 55.3 Å². The molecule has 2 aromatic rings. The number of ether oxygens (including phenoxy) is 1. The molecule has 5 nitrogen and oxygen atoms in total. The molecule has 4 rings (SSSR count). The summed E-state index contributed by atoms with van der Waals surface area (Å²) in [6.07, 6.45) is 0. The highest BCUT2D eigenvalue weighted by Crippen LogP contribution is 2.28. The molecule has 0 saturated heterocycles. The van der Waals surface area contributed by atoms with E-state index in [4.69, 9.17) is 16.3 Å². The molecule has 0 aliphatic carbocycles. The van der Waals surface area contributed by atoms with Crippen molar-refractivity contribution < 1.29 is 9.53 Å². The van der Waals surface area contributed by atoms with Crippen molar-refractivity contribution in [3.8, 4) is 0 Å². The van der Waals surface area contributed by atoms with Crippen LogP contribution in [0.25, 0.3) is 0 Å². The van der Waals surface area contributed by atoms with E-state index in [9.17, 15) is 4.79 Å². The van der Waals surface area contributed by atoms with Crippen LogP contribution >= 0.6 is 11.6 Å². The summed E-state index contributed by atoms with van der Waals surface area (Å²) in [5.41, 5.74) is 5.40. The number of rotatable bonds is 3. The first-order valence-corrected chi connectivity index (χ1v) is 9.06. The van der Waals surface area contributed by atoms with E-state index in [0.717, 1.165) is 22.6 Å². The van der Waals surface area contributed by atoms with Gasteiger partial charge in [-0.1, -0.05) is 12.1 Å². The number of hydrogen-bond donors (Lipinski definition) is 1.